The molecule has 1 aromatic carbocycles. The molecule has 1 atom stereocenters. The van der Waals surface area contributed by atoms with Gasteiger partial charge in [-0.3, -0.25) is 0 Å². The quantitative estimate of drug-likeness (QED) is 0.712. The lowest BCUT2D eigenvalue weighted by molar-refractivity contribution is 0.181. The molecule has 0 aromatic heterocycles. The standard InChI is InChI=1S/C11H11NO/c12-9-5-4-8-11(13)10-6-2-1-3-7-10/h1-7,11,13H,8H2/b5-4-/t11-/m0/s1. The highest BCUT2D eigenvalue weighted by molar-refractivity contribution is 5.18. The fourth-order valence-corrected chi connectivity index (χ4v) is 1.06. The van der Waals surface area contributed by atoms with Crippen molar-refractivity contribution in [3.8, 4) is 6.07 Å². The normalized spacial score (nSPS) is 12.6. The maximum absolute atomic E-state index is 9.59. The number of hydrogen-bond donors (Lipinski definition) is 1. The van der Waals surface area contributed by atoms with Gasteiger partial charge in [-0.25, -0.2) is 0 Å². The molecule has 0 saturated carbocycles. The lowest BCUT2D eigenvalue weighted by atomic mass is 10.1. The van der Waals surface area contributed by atoms with E-state index in [0.717, 1.165) is 5.56 Å². The highest BCUT2D eigenvalue weighted by atomic mass is 16.3. The van der Waals surface area contributed by atoms with E-state index in [0.29, 0.717) is 6.42 Å². The molecule has 0 aliphatic heterocycles. The summed E-state index contributed by atoms with van der Waals surface area (Å²) >= 11 is 0. The van der Waals surface area contributed by atoms with Crippen molar-refractivity contribution < 1.29 is 5.11 Å². The van der Waals surface area contributed by atoms with Crippen LogP contribution in [0.2, 0.25) is 0 Å². The van der Waals surface area contributed by atoms with Crippen molar-refractivity contribution in [3.63, 3.8) is 0 Å². The van der Waals surface area contributed by atoms with Crippen molar-refractivity contribution in [1.29, 1.82) is 5.26 Å². The van der Waals surface area contributed by atoms with Gasteiger partial charge in [0.15, 0.2) is 0 Å². The fraction of sp³-hybridized carbons (Fsp3) is 0.182. The smallest absolute Gasteiger partial charge is 0.0908 e. The molecule has 0 spiro atoms. The average molecular weight is 173 g/mol. The maximum atomic E-state index is 9.59. The van der Waals surface area contributed by atoms with Crippen LogP contribution >= 0.6 is 0 Å². The van der Waals surface area contributed by atoms with Gasteiger partial charge in [-0.05, 0) is 12.0 Å². The predicted octanol–water partition coefficient (Wildman–Crippen LogP) is 2.19. The molecule has 2 heteroatoms. The Bertz CT molecular complexity index is 311. The third-order valence-electron chi connectivity index (χ3n) is 1.74. The van der Waals surface area contributed by atoms with E-state index in [1.165, 1.54) is 6.08 Å². The van der Waals surface area contributed by atoms with Gasteiger partial charge >= 0.3 is 0 Å². The van der Waals surface area contributed by atoms with E-state index in [2.05, 4.69) is 0 Å². The Hall–Kier alpha value is -1.59. The molecule has 0 fully saturated rings. The van der Waals surface area contributed by atoms with Crippen LogP contribution in [0.5, 0.6) is 0 Å². The van der Waals surface area contributed by atoms with Crippen LogP contribution in [0, 0.1) is 11.3 Å². The first kappa shape index (κ1) is 9.50. The van der Waals surface area contributed by atoms with Gasteiger partial charge in [-0.1, -0.05) is 36.4 Å². The SMILES string of the molecule is N#C/C=C\C[C@H](O)c1ccccc1. The van der Waals surface area contributed by atoms with Crippen molar-refractivity contribution in [2.45, 2.75) is 12.5 Å². The fourth-order valence-electron chi connectivity index (χ4n) is 1.06. The Labute approximate surface area is 77.8 Å². The highest BCUT2D eigenvalue weighted by Gasteiger charge is 2.02. The lowest BCUT2D eigenvalue weighted by Gasteiger charge is -2.06. The molecule has 0 aliphatic carbocycles. The third-order valence-corrected chi connectivity index (χ3v) is 1.74. The number of hydrogen-bond acceptors (Lipinski definition) is 2. The first-order valence-corrected chi connectivity index (χ1v) is 4.12. The number of benzene rings is 1. The van der Waals surface area contributed by atoms with E-state index in [1.807, 2.05) is 36.4 Å². The molecule has 1 aromatic rings. The van der Waals surface area contributed by atoms with Gasteiger partial charge in [0.05, 0.1) is 12.2 Å². The van der Waals surface area contributed by atoms with Gasteiger partial charge < -0.3 is 5.11 Å². The zero-order chi connectivity index (χ0) is 9.52. The van der Waals surface area contributed by atoms with Gasteiger partial charge in [-0.2, -0.15) is 5.26 Å². The Morgan fingerprint density at radius 2 is 2.08 bits per heavy atom. The summed E-state index contributed by atoms with van der Waals surface area (Å²) in [5, 5.41) is 17.8. The number of aliphatic hydroxyl groups excluding tert-OH is 1. The van der Waals surface area contributed by atoms with Crippen molar-refractivity contribution in [3.05, 3.63) is 48.0 Å². The minimum absolute atomic E-state index is 0.484. The second-order valence-corrected chi connectivity index (χ2v) is 2.69. The monoisotopic (exact) mass is 173 g/mol. The van der Waals surface area contributed by atoms with Gasteiger partial charge in [0.25, 0.3) is 0 Å². The molecule has 1 N–H and O–H groups in total. The van der Waals surface area contributed by atoms with Gasteiger partial charge in [0.1, 0.15) is 0 Å². The molecular formula is C11H11NO. The summed E-state index contributed by atoms with van der Waals surface area (Å²) < 4.78 is 0. The predicted molar refractivity (Wildman–Crippen MR) is 50.8 cm³/mol. The van der Waals surface area contributed by atoms with Gasteiger partial charge in [-0.15, -0.1) is 0 Å². The second kappa shape index (κ2) is 5.13. The number of rotatable bonds is 3. The lowest BCUT2D eigenvalue weighted by Crippen LogP contribution is -1.94. The summed E-state index contributed by atoms with van der Waals surface area (Å²) in [6.07, 6.45) is 3.02. The zero-order valence-corrected chi connectivity index (χ0v) is 7.22. The second-order valence-electron chi connectivity index (χ2n) is 2.69. The summed E-state index contributed by atoms with van der Waals surface area (Å²) in [5.41, 5.74) is 0.880. The van der Waals surface area contributed by atoms with E-state index in [9.17, 15) is 5.11 Å². The molecule has 2 nitrogen and oxygen atoms in total. The summed E-state index contributed by atoms with van der Waals surface area (Å²) in [7, 11) is 0. The zero-order valence-electron chi connectivity index (χ0n) is 7.22. The molecule has 0 unspecified atom stereocenters. The number of aliphatic hydroxyl groups is 1. The molecule has 0 radical (unpaired) electrons. The Morgan fingerprint density at radius 1 is 1.38 bits per heavy atom. The van der Waals surface area contributed by atoms with E-state index >= 15 is 0 Å². The molecular weight excluding hydrogens is 162 g/mol. The summed E-state index contributed by atoms with van der Waals surface area (Å²) in [5.74, 6) is 0. The van der Waals surface area contributed by atoms with Crippen LogP contribution in [0.1, 0.15) is 18.1 Å². The van der Waals surface area contributed by atoms with Crippen LogP contribution < -0.4 is 0 Å². The van der Waals surface area contributed by atoms with Crippen molar-refractivity contribution in [1.82, 2.24) is 0 Å². The van der Waals surface area contributed by atoms with Crippen LogP contribution in [0.3, 0.4) is 0 Å². The summed E-state index contributed by atoms with van der Waals surface area (Å²) in [4.78, 5) is 0. The molecule has 0 amide bonds. The minimum atomic E-state index is -0.509. The number of nitrogens with zero attached hydrogens (tertiary/aromatic N) is 1. The molecule has 0 heterocycles. The summed E-state index contributed by atoms with van der Waals surface area (Å²) in [6.45, 7) is 0. The van der Waals surface area contributed by atoms with Crippen molar-refractivity contribution in [2.24, 2.45) is 0 Å². The molecule has 0 aliphatic rings. The molecule has 0 bridgehead atoms. The van der Waals surface area contributed by atoms with E-state index in [4.69, 9.17) is 5.26 Å². The average Bonchev–Trinajstić information content (AvgIpc) is 2.19. The van der Waals surface area contributed by atoms with Gasteiger partial charge in [0.2, 0.25) is 0 Å². The third kappa shape index (κ3) is 3.10. The number of allylic oxidation sites excluding steroid dienone is 1. The van der Waals surface area contributed by atoms with Crippen LogP contribution in [0.25, 0.3) is 0 Å². The topological polar surface area (TPSA) is 44.0 Å². The van der Waals surface area contributed by atoms with Crippen LogP contribution in [0.15, 0.2) is 42.5 Å². The highest BCUT2D eigenvalue weighted by Crippen LogP contribution is 2.15. The first-order chi connectivity index (χ1) is 6.34. The van der Waals surface area contributed by atoms with Crippen molar-refractivity contribution in [2.75, 3.05) is 0 Å². The Kier molecular flexibility index (Phi) is 3.74. The van der Waals surface area contributed by atoms with Crippen LogP contribution in [-0.4, -0.2) is 5.11 Å². The summed E-state index contributed by atoms with van der Waals surface area (Å²) in [6, 6.07) is 11.3. The Balaban J connectivity index is 2.55. The largest absolute Gasteiger partial charge is 0.388 e. The van der Waals surface area contributed by atoms with Crippen molar-refractivity contribution >= 4 is 0 Å². The van der Waals surface area contributed by atoms with Gasteiger partial charge in [0, 0.05) is 6.08 Å². The molecule has 13 heavy (non-hydrogen) atoms. The molecule has 66 valence electrons. The number of nitriles is 1. The van der Waals surface area contributed by atoms with E-state index in [-0.39, 0.29) is 0 Å². The Morgan fingerprint density at radius 3 is 2.69 bits per heavy atom. The van der Waals surface area contributed by atoms with E-state index in [1.54, 1.807) is 6.08 Å². The molecule has 0 saturated heterocycles. The maximum Gasteiger partial charge on any atom is 0.0908 e. The van der Waals surface area contributed by atoms with Crippen LogP contribution in [-0.2, 0) is 0 Å². The minimum Gasteiger partial charge on any atom is -0.388 e. The van der Waals surface area contributed by atoms with E-state index < -0.39 is 6.10 Å². The molecule has 1 rings (SSSR count). The van der Waals surface area contributed by atoms with Crippen LogP contribution in [0.4, 0.5) is 0 Å². The first-order valence-electron chi connectivity index (χ1n) is 4.12.